The summed E-state index contributed by atoms with van der Waals surface area (Å²) in [6, 6.07) is 11.0. The van der Waals surface area contributed by atoms with Gasteiger partial charge in [0.15, 0.2) is 9.84 Å². The number of amides is 2. The van der Waals surface area contributed by atoms with Crippen LogP contribution in [-0.4, -0.2) is 26.5 Å². The molecule has 2 aromatic rings. The molecule has 0 aliphatic heterocycles. The van der Waals surface area contributed by atoms with Gasteiger partial charge in [0.2, 0.25) is 5.91 Å². The Hall–Kier alpha value is -2.67. The van der Waals surface area contributed by atoms with E-state index in [2.05, 4.69) is 10.6 Å². The molecule has 0 radical (unpaired) electrons. The number of carbonyl (C=O) groups excluding carboxylic acids is 2. The van der Waals surface area contributed by atoms with Crippen LogP contribution in [0.4, 0.5) is 11.4 Å². The molecule has 132 valence electrons. The van der Waals surface area contributed by atoms with Crippen molar-refractivity contribution in [2.24, 2.45) is 0 Å². The average Bonchev–Trinajstić information content (AvgIpc) is 2.56. The monoisotopic (exact) mass is 360 g/mol. The SMILES string of the molecule is CCC(=O)Nc1ccc(NC(=O)c2cccc(S(C)(=O)=O)c2)c(C)c1. The van der Waals surface area contributed by atoms with Gasteiger partial charge in [-0.25, -0.2) is 8.42 Å². The third kappa shape index (κ3) is 4.90. The standard InChI is InChI=1S/C18H20N2O4S/c1-4-17(21)19-14-8-9-16(12(2)10-14)20-18(22)13-6-5-7-15(11-13)25(3,23)24/h5-11H,4H2,1-3H3,(H,19,21)(H,20,22). The van der Waals surface area contributed by atoms with Crippen LogP contribution in [-0.2, 0) is 14.6 Å². The van der Waals surface area contributed by atoms with E-state index in [9.17, 15) is 18.0 Å². The number of rotatable bonds is 5. The molecular weight excluding hydrogens is 340 g/mol. The second kappa shape index (κ2) is 7.48. The smallest absolute Gasteiger partial charge is 0.255 e. The highest BCUT2D eigenvalue weighted by atomic mass is 32.2. The van der Waals surface area contributed by atoms with E-state index in [1.54, 1.807) is 31.2 Å². The third-order valence-corrected chi connectivity index (χ3v) is 4.71. The van der Waals surface area contributed by atoms with Crippen LogP contribution in [0.15, 0.2) is 47.4 Å². The summed E-state index contributed by atoms with van der Waals surface area (Å²) in [6.07, 6.45) is 1.48. The highest BCUT2D eigenvalue weighted by Crippen LogP contribution is 2.21. The van der Waals surface area contributed by atoms with Gasteiger partial charge in [-0.15, -0.1) is 0 Å². The lowest BCUT2D eigenvalue weighted by Gasteiger charge is -2.11. The molecule has 2 N–H and O–H groups in total. The third-order valence-electron chi connectivity index (χ3n) is 3.60. The lowest BCUT2D eigenvalue weighted by Crippen LogP contribution is -2.14. The van der Waals surface area contributed by atoms with Crippen LogP contribution < -0.4 is 10.6 Å². The fraction of sp³-hybridized carbons (Fsp3) is 0.222. The maximum absolute atomic E-state index is 12.4. The van der Waals surface area contributed by atoms with Crippen molar-refractivity contribution in [2.45, 2.75) is 25.2 Å². The first-order valence-electron chi connectivity index (χ1n) is 7.72. The molecule has 0 aromatic heterocycles. The number of benzene rings is 2. The molecule has 0 unspecified atom stereocenters. The van der Waals surface area contributed by atoms with Crippen molar-refractivity contribution in [1.29, 1.82) is 0 Å². The van der Waals surface area contributed by atoms with Crippen LogP contribution in [0.3, 0.4) is 0 Å². The highest BCUT2D eigenvalue weighted by Gasteiger charge is 2.13. The van der Waals surface area contributed by atoms with E-state index in [4.69, 9.17) is 0 Å². The van der Waals surface area contributed by atoms with Crippen molar-refractivity contribution in [1.82, 2.24) is 0 Å². The van der Waals surface area contributed by atoms with E-state index >= 15 is 0 Å². The lowest BCUT2D eigenvalue weighted by molar-refractivity contribution is -0.115. The Kier molecular flexibility index (Phi) is 5.58. The quantitative estimate of drug-likeness (QED) is 0.857. The highest BCUT2D eigenvalue weighted by molar-refractivity contribution is 7.90. The number of sulfone groups is 1. The molecule has 0 heterocycles. The van der Waals surface area contributed by atoms with Gasteiger partial charge in [0.05, 0.1) is 4.90 Å². The molecule has 0 spiro atoms. The Morgan fingerprint density at radius 1 is 1.04 bits per heavy atom. The van der Waals surface area contributed by atoms with Crippen LogP contribution >= 0.6 is 0 Å². The first-order chi connectivity index (χ1) is 11.7. The maximum Gasteiger partial charge on any atom is 0.255 e. The molecule has 0 saturated heterocycles. The summed E-state index contributed by atoms with van der Waals surface area (Å²) >= 11 is 0. The van der Waals surface area contributed by atoms with E-state index < -0.39 is 15.7 Å². The molecule has 7 heteroatoms. The molecule has 2 amide bonds. The minimum Gasteiger partial charge on any atom is -0.326 e. The Morgan fingerprint density at radius 3 is 2.36 bits per heavy atom. The summed E-state index contributed by atoms with van der Waals surface area (Å²) in [5, 5.41) is 5.50. The van der Waals surface area contributed by atoms with Crippen molar-refractivity contribution in [3.63, 3.8) is 0 Å². The van der Waals surface area contributed by atoms with Gasteiger partial charge in [-0.2, -0.15) is 0 Å². The van der Waals surface area contributed by atoms with Gasteiger partial charge in [0.1, 0.15) is 0 Å². The zero-order valence-corrected chi connectivity index (χ0v) is 15.1. The second-order valence-electron chi connectivity index (χ2n) is 5.69. The summed E-state index contributed by atoms with van der Waals surface area (Å²) < 4.78 is 23.2. The fourth-order valence-electron chi connectivity index (χ4n) is 2.19. The molecular formula is C18H20N2O4S. The molecule has 0 bridgehead atoms. The van der Waals surface area contributed by atoms with E-state index in [0.717, 1.165) is 11.8 Å². The van der Waals surface area contributed by atoms with Gasteiger partial charge in [-0.05, 0) is 48.9 Å². The topological polar surface area (TPSA) is 92.3 Å². The Balaban J connectivity index is 2.19. The van der Waals surface area contributed by atoms with E-state index in [1.807, 2.05) is 6.92 Å². The second-order valence-corrected chi connectivity index (χ2v) is 7.70. The number of hydrogen-bond donors (Lipinski definition) is 2. The van der Waals surface area contributed by atoms with Crippen LogP contribution in [0.1, 0.15) is 29.3 Å². The van der Waals surface area contributed by atoms with Crippen LogP contribution in [0.25, 0.3) is 0 Å². The van der Waals surface area contributed by atoms with E-state index in [0.29, 0.717) is 17.8 Å². The van der Waals surface area contributed by atoms with Gasteiger partial charge in [-0.3, -0.25) is 9.59 Å². The van der Waals surface area contributed by atoms with Crippen LogP contribution in [0, 0.1) is 6.92 Å². The predicted molar refractivity (Wildman–Crippen MR) is 97.6 cm³/mol. The summed E-state index contributed by atoms with van der Waals surface area (Å²) in [4.78, 5) is 23.9. The zero-order valence-electron chi connectivity index (χ0n) is 14.3. The predicted octanol–water partition coefficient (Wildman–Crippen LogP) is 3.00. The first-order valence-corrected chi connectivity index (χ1v) is 9.62. The molecule has 25 heavy (non-hydrogen) atoms. The van der Waals surface area contributed by atoms with Crippen molar-refractivity contribution < 1.29 is 18.0 Å². The molecule has 0 atom stereocenters. The van der Waals surface area contributed by atoms with Gasteiger partial charge in [0.25, 0.3) is 5.91 Å². The Bertz CT molecular complexity index is 920. The van der Waals surface area contributed by atoms with E-state index in [1.165, 1.54) is 18.2 Å². The number of nitrogens with one attached hydrogen (secondary N) is 2. The number of aryl methyl sites for hydroxylation is 1. The number of hydrogen-bond acceptors (Lipinski definition) is 4. The fourth-order valence-corrected chi connectivity index (χ4v) is 2.86. The Morgan fingerprint density at radius 2 is 1.76 bits per heavy atom. The molecule has 0 saturated carbocycles. The van der Waals surface area contributed by atoms with Crippen molar-refractivity contribution >= 4 is 33.0 Å². The normalized spacial score (nSPS) is 11.0. The summed E-state index contributed by atoms with van der Waals surface area (Å²) in [6.45, 7) is 3.57. The van der Waals surface area contributed by atoms with Crippen molar-refractivity contribution in [2.75, 3.05) is 16.9 Å². The number of anilines is 2. The first kappa shape index (κ1) is 18.7. The average molecular weight is 360 g/mol. The molecule has 2 aromatic carbocycles. The van der Waals surface area contributed by atoms with Crippen molar-refractivity contribution in [3.05, 3.63) is 53.6 Å². The molecule has 0 fully saturated rings. The summed E-state index contributed by atoms with van der Waals surface area (Å²) in [5.74, 6) is -0.493. The molecule has 2 rings (SSSR count). The van der Waals surface area contributed by atoms with Gasteiger partial charge < -0.3 is 10.6 Å². The van der Waals surface area contributed by atoms with Gasteiger partial charge in [0, 0.05) is 29.6 Å². The molecule has 6 nitrogen and oxygen atoms in total. The molecule has 0 aliphatic carbocycles. The maximum atomic E-state index is 12.4. The number of carbonyl (C=O) groups is 2. The minimum atomic E-state index is -3.38. The Labute approximate surface area is 147 Å². The molecule has 0 aliphatic rings. The van der Waals surface area contributed by atoms with Gasteiger partial charge >= 0.3 is 0 Å². The van der Waals surface area contributed by atoms with Crippen molar-refractivity contribution in [3.8, 4) is 0 Å². The summed E-state index contributed by atoms with van der Waals surface area (Å²) in [5.41, 5.74) is 2.28. The minimum absolute atomic E-state index is 0.0891. The van der Waals surface area contributed by atoms with Crippen LogP contribution in [0.2, 0.25) is 0 Å². The lowest BCUT2D eigenvalue weighted by atomic mass is 10.1. The summed E-state index contributed by atoms with van der Waals surface area (Å²) in [7, 11) is -3.38. The van der Waals surface area contributed by atoms with E-state index in [-0.39, 0.29) is 16.4 Å². The van der Waals surface area contributed by atoms with Gasteiger partial charge in [-0.1, -0.05) is 13.0 Å². The van der Waals surface area contributed by atoms with Crippen LogP contribution in [0.5, 0.6) is 0 Å². The largest absolute Gasteiger partial charge is 0.326 e. The zero-order chi connectivity index (χ0) is 18.6.